The summed E-state index contributed by atoms with van der Waals surface area (Å²) in [6.45, 7) is 2.95. The zero-order chi connectivity index (χ0) is 18.5. The number of phenols is 1. The second-order valence-corrected chi connectivity index (χ2v) is 7.06. The zero-order valence-corrected chi connectivity index (χ0v) is 15.1. The molecule has 1 fully saturated rings. The second kappa shape index (κ2) is 8.17. The molecule has 0 bridgehead atoms. The largest absolute Gasteiger partial charge is 0.507 e. The Labute approximate surface area is 154 Å². The van der Waals surface area contributed by atoms with Crippen LogP contribution >= 0.6 is 0 Å². The van der Waals surface area contributed by atoms with E-state index in [4.69, 9.17) is 0 Å². The van der Waals surface area contributed by atoms with Gasteiger partial charge in [-0.15, -0.1) is 0 Å². The summed E-state index contributed by atoms with van der Waals surface area (Å²) in [7, 11) is 0. The number of hydrogen-bond donors (Lipinski definition) is 1. The van der Waals surface area contributed by atoms with Gasteiger partial charge in [0.05, 0.1) is 5.56 Å². The predicted octanol–water partition coefficient (Wildman–Crippen LogP) is 3.75. The molecule has 1 heterocycles. The Morgan fingerprint density at radius 3 is 2.65 bits per heavy atom. The fourth-order valence-electron chi connectivity index (χ4n) is 3.53. The first kappa shape index (κ1) is 18.2. The van der Waals surface area contributed by atoms with E-state index >= 15 is 0 Å². The van der Waals surface area contributed by atoms with Gasteiger partial charge in [-0.05, 0) is 49.4 Å². The van der Waals surface area contributed by atoms with Crippen molar-refractivity contribution in [2.45, 2.75) is 32.6 Å². The first-order chi connectivity index (χ1) is 12.5. The maximum atomic E-state index is 12.7. The van der Waals surface area contributed by atoms with Crippen molar-refractivity contribution in [2.24, 2.45) is 5.92 Å². The van der Waals surface area contributed by atoms with Crippen molar-refractivity contribution in [1.82, 2.24) is 4.90 Å². The Kier molecular flexibility index (Phi) is 5.71. The quantitative estimate of drug-likeness (QED) is 0.892. The van der Waals surface area contributed by atoms with Crippen LogP contribution in [0, 0.1) is 12.8 Å². The molecule has 0 aromatic heterocycles. The minimum atomic E-state index is -0.192. The fraction of sp³-hybridized carbons (Fsp3) is 0.364. The Morgan fingerprint density at radius 2 is 1.92 bits per heavy atom. The molecule has 1 aliphatic heterocycles. The number of carbonyl (C=O) groups excluding carboxylic acids is 2. The smallest absolute Gasteiger partial charge is 0.257 e. The highest BCUT2D eigenvalue weighted by Gasteiger charge is 2.29. The molecule has 3 rings (SSSR count). The van der Waals surface area contributed by atoms with Crippen LogP contribution in [0.2, 0.25) is 0 Å². The molecule has 1 saturated heterocycles. The van der Waals surface area contributed by atoms with Crippen LogP contribution in [0.15, 0.2) is 48.5 Å². The number of phenolic OH excluding ortho intramolecular Hbond substituents is 1. The maximum Gasteiger partial charge on any atom is 0.257 e. The van der Waals surface area contributed by atoms with E-state index < -0.39 is 0 Å². The van der Waals surface area contributed by atoms with Gasteiger partial charge >= 0.3 is 0 Å². The van der Waals surface area contributed by atoms with Crippen molar-refractivity contribution in [3.63, 3.8) is 0 Å². The van der Waals surface area contributed by atoms with Gasteiger partial charge in [-0.1, -0.05) is 36.4 Å². The molecular formula is C22H25NO3. The summed E-state index contributed by atoms with van der Waals surface area (Å²) in [5, 5.41) is 10.1. The molecule has 0 unspecified atom stereocenters. The third-order valence-corrected chi connectivity index (χ3v) is 5.05. The molecule has 0 radical (unpaired) electrons. The van der Waals surface area contributed by atoms with Crippen LogP contribution in [-0.4, -0.2) is 34.8 Å². The topological polar surface area (TPSA) is 57.6 Å². The van der Waals surface area contributed by atoms with Crippen molar-refractivity contribution in [2.75, 3.05) is 13.1 Å². The number of hydrogen-bond acceptors (Lipinski definition) is 3. The lowest BCUT2D eigenvalue weighted by atomic mass is 9.90. The van der Waals surface area contributed by atoms with Crippen molar-refractivity contribution in [3.8, 4) is 5.75 Å². The van der Waals surface area contributed by atoms with Crippen LogP contribution in [0.3, 0.4) is 0 Å². The number of nitrogens with zero attached hydrogens (tertiary/aromatic N) is 1. The lowest BCUT2D eigenvalue weighted by Gasteiger charge is -2.32. The molecule has 1 aliphatic rings. The summed E-state index contributed by atoms with van der Waals surface area (Å²) in [5.41, 5.74) is 2.38. The Bertz CT molecular complexity index is 785. The van der Waals surface area contributed by atoms with Gasteiger partial charge in [0.1, 0.15) is 11.5 Å². The van der Waals surface area contributed by atoms with Gasteiger partial charge in [-0.3, -0.25) is 9.59 Å². The molecule has 0 saturated carbocycles. The summed E-state index contributed by atoms with van der Waals surface area (Å²) >= 11 is 0. The highest BCUT2D eigenvalue weighted by atomic mass is 16.3. The highest BCUT2D eigenvalue weighted by Crippen LogP contribution is 2.25. The third-order valence-electron chi connectivity index (χ3n) is 5.05. The Balaban J connectivity index is 1.61. The normalized spacial score (nSPS) is 17.1. The van der Waals surface area contributed by atoms with Crippen molar-refractivity contribution >= 4 is 11.7 Å². The molecule has 0 spiro atoms. The number of carbonyl (C=O) groups is 2. The lowest BCUT2D eigenvalue weighted by Crippen LogP contribution is -2.42. The zero-order valence-electron chi connectivity index (χ0n) is 15.1. The van der Waals surface area contributed by atoms with E-state index in [9.17, 15) is 14.7 Å². The molecule has 1 amide bonds. The molecule has 0 aliphatic carbocycles. The number of piperidine rings is 1. The van der Waals surface area contributed by atoms with Crippen LogP contribution in [0.5, 0.6) is 5.75 Å². The molecular weight excluding hydrogens is 326 g/mol. The molecule has 1 atom stereocenters. The SMILES string of the molecule is Cc1ccc(C(=O)N2CCC[C@H](C(=O)CCc3ccccc3)C2)c(O)c1. The predicted molar refractivity (Wildman–Crippen MR) is 101 cm³/mol. The molecule has 4 nitrogen and oxygen atoms in total. The van der Waals surface area contributed by atoms with Gasteiger partial charge < -0.3 is 10.0 Å². The summed E-state index contributed by atoms with van der Waals surface area (Å²) in [6.07, 6.45) is 2.90. The van der Waals surface area contributed by atoms with E-state index in [0.717, 1.165) is 30.4 Å². The molecule has 4 heteroatoms. The van der Waals surface area contributed by atoms with Crippen LogP contribution in [0.1, 0.15) is 40.7 Å². The molecule has 2 aromatic rings. The van der Waals surface area contributed by atoms with Gasteiger partial charge in [-0.2, -0.15) is 0 Å². The third kappa shape index (κ3) is 4.31. The van der Waals surface area contributed by atoms with Crippen LogP contribution in [0.4, 0.5) is 0 Å². The number of aromatic hydroxyl groups is 1. The number of aryl methyl sites for hydroxylation is 2. The van der Waals surface area contributed by atoms with Gasteiger partial charge in [0.25, 0.3) is 5.91 Å². The van der Waals surface area contributed by atoms with Crippen molar-refractivity contribution in [3.05, 3.63) is 65.2 Å². The number of Topliss-reactive ketones (excluding diaryl/α,β-unsaturated/α-hetero) is 1. The molecule has 136 valence electrons. The van der Waals surface area contributed by atoms with E-state index in [1.54, 1.807) is 17.0 Å². The maximum absolute atomic E-state index is 12.7. The molecule has 2 aromatic carbocycles. The number of amides is 1. The number of ketones is 1. The minimum absolute atomic E-state index is 0.00697. The van der Waals surface area contributed by atoms with Crippen molar-refractivity contribution in [1.29, 1.82) is 0 Å². The van der Waals surface area contributed by atoms with E-state index in [0.29, 0.717) is 25.1 Å². The van der Waals surface area contributed by atoms with E-state index in [2.05, 4.69) is 0 Å². The monoisotopic (exact) mass is 351 g/mol. The molecule has 26 heavy (non-hydrogen) atoms. The van der Waals surface area contributed by atoms with Gasteiger partial charge in [0.2, 0.25) is 0 Å². The Hall–Kier alpha value is -2.62. The van der Waals surface area contributed by atoms with E-state index in [1.807, 2.05) is 43.3 Å². The average Bonchev–Trinajstić information content (AvgIpc) is 2.66. The van der Waals surface area contributed by atoms with Gasteiger partial charge in [0.15, 0.2) is 0 Å². The van der Waals surface area contributed by atoms with Gasteiger partial charge in [0, 0.05) is 25.4 Å². The summed E-state index contributed by atoms with van der Waals surface area (Å²) < 4.78 is 0. The van der Waals surface area contributed by atoms with Crippen LogP contribution in [-0.2, 0) is 11.2 Å². The van der Waals surface area contributed by atoms with Crippen LogP contribution in [0.25, 0.3) is 0 Å². The number of rotatable bonds is 5. The highest BCUT2D eigenvalue weighted by molar-refractivity contribution is 5.97. The standard InChI is InChI=1S/C22H25NO3/c1-16-9-11-19(21(25)14-16)22(26)23-13-5-8-18(15-23)20(24)12-10-17-6-3-2-4-7-17/h2-4,6-7,9,11,14,18,25H,5,8,10,12-13,15H2,1H3/t18-/m0/s1. The van der Waals surface area contributed by atoms with E-state index in [1.165, 1.54) is 0 Å². The van der Waals surface area contributed by atoms with E-state index in [-0.39, 0.29) is 23.4 Å². The van der Waals surface area contributed by atoms with Crippen LogP contribution < -0.4 is 0 Å². The number of benzene rings is 2. The van der Waals surface area contributed by atoms with Gasteiger partial charge in [-0.25, -0.2) is 0 Å². The summed E-state index contributed by atoms with van der Waals surface area (Å²) in [5.74, 6) is -0.0703. The lowest BCUT2D eigenvalue weighted by molar-refractivity contribution is -0.124. The average molecular weight is 351 g/mol. The fourth-order valence-corrected chi connectivity index (χ4v) is 3.53. The molecule has 1 N–H and O–H groups in total. The Morgan fingerprint density at radius 1 is 1.15 bits per heavy atom. The first-order valence-corrected chi connectivity index (χ1v) is 9.20. The summed E-state index contributed by atoms with van der Waals surface area (Å²) in [4.78, 5) is 27.0. The summed E-state index contributed by atoms with van der Waals surface area (Å²) in [6, 6.07) is 15.1. The second-order valence-electron chi connectivity index (χ2n) is 7.06. The first-order valence-electron chi connectivity index (χ1n) is 9.20. The van der Waals surface area contributed by atoms with Crippen molar-refractivity contribution < 1.29 is 14.7 Å². The number of likely N-dealkylation sites (tertiary alicyclic amines) is 1. The minimum Gasteiger partial charge on any atom is -0.507 e.